The van der Waals surface area contributed by atoms with Crippen LogP contribution in [0.2, 0.25) is 0 Å². The quantitative estimate of drug-likeness (QED) is 0.763. The van der Waals surface area contributed by atoms with Crippen LogP contribution < -0.4 is 5.32 Å². The van der Waals surface area contributed by atoms with E-state index in [4.69, 9.17) is 4.74 Å². The molecule has 1 aliphatic carbocycles. The standard InChI is InChI=1S/C16H28N2O3/c1-13(19)11-15-12-21-10-9-18(15)16(20)17-8-7-14-5-3-2-4-6-14/h5,13,15,19H,2-4,6-12H2,1H3,(H,17,20)/t13-,15+/m1/s1. The topological polar surface area (TPSA) is 61.8 Å². The molecule has 2 N–H and O–H groups in total. The summed E-state index contributed by atoms with van der Waals surface area (Å²) in [5.74, 6) is 0. The minimum Gasteiger partial charge on any atom is -0.393 e. The molecule has 1 fully saturated rings. The van der Waals surface area contributed by atoms with Crippen molar-refractivity contribution < 1.29 is 14.6 Å². The molecule has 1 saturated heterocycles. The van der Waals surface area contributed by atoms with Gasteiger partial charge in [0.05, 0.1) is 25.4 Å². The van der Waals surface area contributed by atoms with Crippen LogP contribution in [0.5, 0.6) is 0 Å². The van der Waals surface area contributed by atoms with Crippen LogP contribution >= 0.6 is 0 Å². The summed E-state index contributed by atoms with van der Waals surface area (Å²) >= 11 is 0. The molecule has 0 radical (unpaired) electrons. The van der Waals surface area contributed by atoms with E-state index in [0.29, 0.717) is 32.7 Å². The second-order valence-corrected chi connectivity index (χ2v) is 6.10. The highest BCUT2D eigenvalue weighted by molar-refractivity contribution is 5.74. The predicted molar refractivity (Wildman–Crippen MR) is 82.2 cm³/mol. The Balaban J connectivity index is 1.76. The molecule has 5 nitrogen and oxygen atoms in total. The summed E-state index contributed by atoms with van der Waals surface area (Å²) in [6.45, 7) is 4.15. The van der Waals surface area contributed by atoms with Gasteiger partial charge in [0.25, 0.3) is 0 Å². The van der Waals surface area contributed by atoms with E-state index in [2.05, 4.69) is 11.4 Å². The summed E-state index contributed by atoms with van der Waals surface area (Å²) in [4.78, 5) is 14.1. The van der Waals surface area contributed by atoms with Crippen molar-refractivity contribution in [3.8, 4) is 0 Å². The summed E-state index contributed by atoms with van der Waals surface area (Å²) in [7, 11) is 0. The molecular formula is C16H28N2O3. The van der Waals surface area contributed by atoms with Gasteiger partial charge < -0.3 is 20.1 Å². The van der Waals surface area contributed by atoms with Crippen molar-refractivity contribution in [2.75, 3.05) is 26.3 Å². The van der Waals surface area contributed by atoms with Gasteiger partial charge in [-0.25, -0.2) is 4.79 Å². The third kappa shape index (κ3) is 5.32. The minimum absolute atomic E-state index is 0.0207. The van der Waals surface area contributed by atoms with E-state index < -0.39 is 6.10 Å². The Kier molecular flexibility index (Phi) is 6.51. The van der Waals surface area contributed by atoms with Gasteiger partial charge in [0.15, 0.2) is 0 Å². The molecule has 120 valence electrons. The van der Waals surface area contributed by atoms with Gasteiger partial charge in [-0.3, -0.25) is 0 Å². The van der Waals surface area contributed by atoms with Crippen molar-refractivity contribution in [2.45, 2.75) is 57.6 Å². The lowest BCUT2D eigenvalue weighted by molar-refractivity contribution is -0.00425. The normalized spacial score (nSPS) is 24.4. The number of amides is 2. The Hall–Kier alpha value is -1.07. The first-order valence-electron chi connectivity index (χ1n) is 8.15. The highest BCUT2D eigenvalue weighted by atomic mass is 16.5. The molecule has 0 saturated carbocycles. The van der Waals surface area contributed by atoms with Gasteiger partial charge in [-0.05, 0) is 45.4 Å². The zero-order chi connectivity index (χ0) is 15.1. The van der Waals surface area contributed by atoms with Crippen molar-refractivity contribution in [3.05, 3.63) is 11.6 Å². The van der Waals surface area contributed by atoms with Gasteiger partial charge >= 0.3 is 6.03 Å². The molecule has 2 amide bonds. The molecule has 5 heteroatoms. The van der Waals surface area contributed by atoms with Gasteiger partial charge in [0, 0.05) is 13.1 Å². The molecule has 2 aliphatic rings. The van der Waals surface area contributed by atoms with Crippen molar-refractivity contribution in [3.63, 3.8) is 0 Å². The molecule has 21 heavy (non-hydrogen) atoms. The smallest absolute Gasteiger partial charge is 0.317 e. The van der Waals surface area contributed by atoms with Crippen LogP contribution in [0.1, 0.15) is 45.4 Å². The summed E-state index contributed by atoms with van der Waals surface area (Å²) < 4.78 is 5.42. The average molecular weight is 296 g/mol. The van der Waals surface area contributed by atoms with E-state index in [0.717, 1.165) is 6.42 Å². The van der Waals surface area contributed by atoms with Gasteiger partial charge in [-0.15, -0.1) is 0 Å². The number of carbonyl (C=O) groups is 1. The van der Waals surface area contributed by atoms with Gasteiger partial charge in [0.1, 0.15) is 0 Å². The maximum atomic E-state index is 12.3. The number of rotatable bonds is 5. The number of aliphatic hydroxyl groups excluding tert-OH is 1. The molecule has 1 aliphatic heterocycles. The molecule has 1 heterocycles. The highest BCUT2D eigenvalue weighted by Gasteiger charge is 2.28. The van der Waals surface area contributed by atoms with Crippen LogP contribution in [0, 0.1) is 0 Å². The number of morpholine rings is 1. The van der Waals surface area contributed by atoms with Crippen molar-refractivity contribution in [2.24, 2.45) is 0 Å². The van der Waals surface area contributed by atoms with Crippen molar-refractivity contribution >= 4 is 6.03 Å². The Morgan fingerprint density at radius 1 is 1.57 bits per heavy atom. The monoisotopic (exact) mass is 296 g/mol. The first kappa shape index (κ1) is 16.3. The van der Waals surface area contributed by atoms with E-state index in [9.17, 15) is 9.90 Å². The summed E-state index contributed by atoms with van der Waals surface area (Å²) in [6.07, 6.45) is 8.36. The second-order valence-electron chi connectivity index (χ2n) is 6.10. The Bertz CT molecular complexity index is 369. The lowest BCUT2D eigenvalue weighted by Gasteiger charge is -2.36. The maximum absolute atomic E-state index is 12.3. The number of nitrogens with zero attached hydrogens (tertiary/aromatic N) is 1. The Morgan fingerprint density at radius 3 is 3.14 bits per heavy atom. The lowest BCUT2D eigenvalue weighted by Crippen LogP contribution is -2.53. The van der Waals surface area contributed by atoms with Gasteiger partial charge in [0.2, 0.25) is 0 Å². The average Bonchev–Trinajstić information content (AvgIpc) is 2.48. The molecule has 0 aromatic heterocycles. The lowest BCUT2D eigenvalue weighted by atomic mass is 9.97. The fourth-order valence-corrected chi connectivity index (χ4v) is 3.07. The van der Waals surface area contributed by atoms with E-state index in [1.807, 2.05) is 4.90 Å². The molecule has 0 spiro atoms. The van der Waals surface area contributed by atoms with Crippen LogP contribution in [0.4, 0.5) is 4.79 Å². The molecule has 0 bridgehead atoms. The third-order valence-corrected chi connectivity index (χ3v) is 4.21. The minimum atomic E-state index is -0.417. The van der Waals surface area contributed by atoms with Crippen molar-refractivity contribution in [1.29, 1.82) is 0 Å². The van der Waals surface area contributed by atoms with E-state index >= 15 is 0 Å². The second kappa shape index (κ2) is 8.39. The number of hydrogen-bond donors (Lipinski definition) is 2. The van der Waals surface area contributed by atoms with E-state index in [-0.39, 0.29) is 12.1 Å². The zero-order valence-corrected chi connectivity index (χ0v) is 13.0. The van der Waals surface area contributed by atoms with E-state index in [1.54, 1.807) is 6.92 Å². The molecule has 0 aromatic rings. The molecule has 2 rings (SSSR count). The van der Waals surface area contributed by atoms with Crippen LogP contribution in [-0.2, 0) is 4.74 Å². The number of nitrogens with one attached hydrogen (secondary N) is 1. The van der Waals surface area contributed by atoms with Gasteiger partial charge in [-0.1, -0.05) is 11.6 Å². The summed E-state index contributed by atoms with van der Waals surface area (Å²) in [6, 6.07) is -0.0481. The molecule has 0 unspecified atom stereocenters. The van der Waals surface area contributed by atoms with Crippen LogP contribution in [-0.4, -0.2) is 54.5 Å². The van der Waals surface area contributed by atoms with Crippen molar-refractivity contribution in [1.82, 2.24) is 10.2 Å². The number of carbonyl (C=O) groups excluding carboxylic acids is 1. The van der Waals surface area contributed by atoms with Crippen LogP contribution in [0.3, 0.4) is 0 Å². The number of aliphatic hydroxyl groups is 1. The highest BCUT2D eigenvalue weighted by Crippen LogP contribution is 2.19. The van der Waals surface area contributed by atoms with E-state index in [1.165, 1.54) is 31.3 Å². The number of hydrogen-bond acceptors (Lipinski definition) is 3. The fourth-order valence-electron chi connectivity index (χ4n) is 3.07. The molecule has 0 aromatic carbocycles. The number of ether oxygens (including phenoxy) is 1. The van der Waals surface area contributed by atoms with Crippen LogP contribution in [0.25, 0.3) is 0 Å². The predicted octanol–water partition coefficient (Wildman–Crippen LogP) is 2.06. The largest absolute Gasteiger partial charge is 0.393 e. The first-order valence-corrected chi connectivity index (χ1v) is 8.15. The zero-order valence-electron chi connectivity index (χ0n) is 13.0. The fraction of sp³-hybridized carbons (Fsp3) is 0.812. The molecule has 2 atom stereocenters. The first-order chi connectivity index (χ1) is 10.2. The van der Waals surface area contributed by atoms with Crippen LogP contribution in [0.15, 0.2) is 11.6 Å². The summed E-state index contributed by atoms with van der Waals surface area (Å²) in [5.41, 5.74) is 1.48. The SMILES string of the molecule is C[C@@H](O)C[C@H]1COCCN1C(=O)NCCC1=CCCCC1. The molecular weight excluding hydrogens is 268 g/mol. The number of allylic oxidation sites excluding steroid dienone is 1. The number of urea groups is 1. The Labute approximate surface area is 127 Å². The summed E-state index contributed by atoms with van der Waals surface area (Å²) in [5, 5.41) is 12.5. The maximum Gasteiger partial charge on any atom is 0.317 e. The van der Waals surface area contributed by atoms with Gasteiger partial charge in [-0.2, -0.15) is 0 Å². The Morgan fingerprint density at radius 2 is 2.43 bits per heavy atom. The third-order valence-electron chi connectivity index (χ3n) is 4.21.